The van der Waals surface area contributed by atoms with Crippen LogP contribution in [0.2, 0.25) is 0 Å². The Balaban J connectivity index is 1.97. The van der Waals surface area contributed by atoms with E-state index >= 15 is 0 Å². The second-order valence-electron chi connectivity index (χ2n) is 5.10. The van der Waals surface area contributed by atoms with Gasteiger partial charge in [-0.15, -0.1) is 0 Å². The lowest BCUT2D eigenvalue weighted by Gasteiger charge is -2.35. The first-order valence-electron chi connectivity index (χ1n) is 6.97. The molecule has 3 rings (SSSR count). The van der Waals surface area contributed by atoms with Crippen molar-refractivity contribution >= 4 is 10.9 Å². The minimum atomic E-state index is 0.605. The van der Waals surface area contributed by atoms with E-state index in [0.717, 1.165) is 12.1 Å². The molecule has 1 atom stereocenters. The molecule has 0 bridgehead atoms. The van der Waals surface area contributed by atoms with Gasteiger partial charge in [-0.05, 0) is 49.7 Å². The molecule has 0 aliphatic carbocycles. The van der Waals surface area contributed by atoms with Crippen molar-refractivity contribution in [3.8, 4) is 0 Å². The Labute approximate surface area is 109 Å². The monoisotopic (exact) mass is 240 g/mol. The fourth-order valence-corrected chi connectivity index (χ4v) is 3.05. The van der Waals surface area contributed by atoms with Crippen LogP contribution in [0, 0.1) is 0 Å². The van der Waals surface area contributed by atoms with Crippen LogP contribution in [0.15, 0.2) is 36.5 Å². The van der Waals surface area contributed by atoms with E-state index in [4.69, 9.17) is 0 Å². The molecular formula is C16H20N2. The lowest BCUT2D eigenvalue weighted by Crippen LogP contribution is -2.33. The number of likely N-dealkylation sites (tertiary alicyclic amines) is 1. The zero-order valence-corrected chi connectivity index (χ0v) is 11.0. The third kappa shape index (κ3) is 2.13. The largest absolute Gasteiger partial charge is 0.297 e. The standard InChI is InChI=1S/C16H20N2/c1-2-18-11-4-3-7-16(18)14-8-9-15-13(12-14)6-5-10-17-15/h5-6,8-10,12,16H,2-4,7,11H2,1H3. The zero-order chi connectivity index (χ0) is 12.4. The number of nitrogens with zero attached hydrogens (tertiary/aromatic N) is 2. The van der Waals surface area contributed by atoms with Gasteiger partial charge in [-0.1, -0.05) is 25.5 Å². The van der Waals surface area contributed by atoms with E-state index in [-0.39, 0.29) is 0 Å². The third-order valence-electron chi connectivity index (χ3n) is 4.03. The maximum absolute atomic E-state index is 4.39. The summed E-state index contributed by atoms with van der Waals surface area (Å²) in [6.07, 6.45) is 5.85. The number of hydrogen-bond acceptors (Lipinski definition) is 2. The first-order chi connectivity index (χ1) is 8.88. The maximum Gasteiger partial charge on any atom is 0.0702 e. The van der Waals surface area contributed by atoms with Crippen LogP contribution in [0.5, 0.6) is 0 Å². The predicted octanol–water partition coefficient (Wildman–Crippen LogP) is 3.78. The normalized spacial score (nSPS) is 21.3. The van der Waals surface area contributed by atoms with E-state index in [1.807, 2.05) is 12.3 Å². The highest BCUT2D eigenvalue weighted by atomic mass is 15.2. The maximum atomic E-state index is 4.39. The van der Waals surface area contributed by atoms with Crippen molar-refractivity contribution in [2.45, 2.75) is 32.2 Å². The Bertz CT molecular complexity index is 535. The van der Waals surface area contributed by atoms with Crippen molar-refractivity contribution in [2.24, 2.45) is 0 Å². The number of fused-ring (bicyclic) bond motifs is 1. The highest BCUT2D eigenvalue weighted by Gasteiger charge is 2.22. The molecule has 94 valence electrons. The van der Waals surface area contributed by atoms with Gasteiger partial charge in [0.15, 0.2) is 0 Å². The topological polar surface area (TPSA) is 16.1 Å². The number of benzene rings is 1. The second kappa shape index (κ2) is 5.07. The van der Waals surface area contributed by atoms with Crippen LogP contribution in [-0.2, 0) is 0 Å². The molecule has 1 aliphatic rings. The van der Waals surface area contributed by atoms with Crippen molar-refractivity contribution in [2.75, 3.05) is 13.1 Å². The second-order valence-corrected chi connectivity index (χ2v) is 5.10. The van der Waals surface area contributed by atoms with Crippen LogP contribution in [0.25, 0.3) is 10.9 Å². The van der Waals surface area contributed by atoms with Gasteiger partial charge in [0.1, 0.15) is 0 Å². The van der Waals surface area contributed by atoms with Crippen molar-refractivity contribution in [3.63, 3.8) is 0 Å². The Morgan fingerprint density at radius 3 is 3.11 bits per heavy atom. The quantitative estimate of drug-likeness (QED) is 0.794. The minimum Gasteiger partial charge on any atom is -0.297 e. The SMILES string of the molecule is CCN1CCCCC1c1ccc2ncccc2c1. The van der Waals surface area contributed by atoms with E-state index < -0.39 is 0 Å². The van der Waals surface area contributed by atoms with Crippen molar-refractivity contribution in [1.82, 2.24) is 9.88 Å². The molecule has 0 amide bonds. The van der Waals surface area contributed by atoms with E-state index in [2.05, 4.69) is 41.1 Å². The van der Waals surface area contributed by atoms with Gasteiger partial charge in [0.25, 0.3) is 0 Å². The fourth-order valence-electron chi connectivity index (χ4n) is 3.05. The van der Waals surface area contributed by atoms with Crippen molar-refractivity contribution in [3.05, 3.63) is 42.1 Å². The van der Waals surface area contributed by atoms with Gasteiger partial charge in [0, 0.05) is 17.6 Å². The third-order valence-corrected chi connectivity index (χ3v) is 4.03. The molecule has 2 aromatic rings. The molecule has 1 aromatic heterocycles. The molecule has 0 radical (unpaired) electrons. The van der Waals surface area contributed by atoms with Crippen LogP contribution in [0.1, 0.15) is 37.8 Å². The molecule has 1 aromatic carbocycles. The summed E-state index contributed by atoms with van der Waals surface area (Å²) in [5, 5.41) is 1.26. The van der Waals surface area contributed by atoms with Gasteiger partial charge in [-0.25, -0.2) is 0 Å². The Morgan fingerprint density at radius 1 is 1.28 bits per heavy atom. The summed E-state index contributed by atoms with van der Waals surface area (Å²) in [4.78, 5) is 6.99. The molecule has 0 N–H and O–H groups in total. The van der Waals surface area contributed by atoms with Gasteiger partial charge >= 0.3 is 0 Å². The number of piperidine rings is 1. The number of aromatic nitrogens is 1. The molecule has 2 heteroatoms. The molecule has 0 spiro atoms. The number of pyridine rings is 1. The summed E-state index contributed by atoms with van der Waals surface area (Å²) < 4.78 is 0. The summed E-state index contributed by atoms with van der Waals surface area (Å²) in [6.45, 7) is 4.66. The van der Waals surface area contributed by atoms with E-state index in [1.165, 1.54) is 36.8 Å². The molecular weight excluding hydrogens is 220 g/mol. The summed E-state index contributed by atoms with van der Waals surface area (Å²) in [6, 6.07) is 11.5. The number of hydrogen-bond donors (Lipinski definition) is 0. The van der Waals surface area contributed by atoms with E-state index in [9.17, 15) is 0 Å². The van der Waals surface area contributed by atoms with Crippen LogP contribution in [0.4, 0.5) is 0 Å². The van der Waals surface area contributed by atoms with E-state index in [0.29, 0.717) is 6.04 Å². The Morgan fingerprint density at radius 2 is 2.22 bits per heavy atom. The Kier molecular flexibility index (Phi) is 3.28. The summed E-state index contributed by atoms with van der Waals surface area (Å²) >= 11 is 0. The molecule has 1 aliphatic heterocycles. The zero-order valence-electron chi connectivity index (χ0n) is 11.0. The molecule has 2 heterocycles. The molecule has 1 saturated heterocycles. The van der Waals surface area contributed by atoms with Crippen LogP contribution < -0.4 is 0 Å². The summed E-state index contributed by atoms with van der Waals surface area (Å²) in [5.41, 5.74) is 2.55. The highest BCUT2D eigenvalue weighted by Crippen LogP contribution is 2.31. The number of rotatable bonds is 2. The van der Waals surface area contributed by atoms with Gasteiger partial charge < -0.3 is 0 Å². The lowest BCUT2D eigenvalue weighted by molar-refractivity contribution is 0.157. The summed E-state index contributed by atoms with van der Waals surface area (Å²) in [7, 11) is 0. The fraction of sp³-hybridized carbons (Fsp3) is 0.438. The molecule has 1 unspecified atom stereocenters. The van der Waals surface area contributed by atoms with Crippen LogP contribution in [-0.4, -0.2) is 23.0 Å². The molecule has 2 nitrogen and oxygen atoms in total. The predicted molar refractivity (Wildman–Crippen MR) is 75.6 cm³/mol. The van der Waals surface area contributed by atoms with E-state index in [1.54, 1.807) is 0 Å². The van der Waals surface area contributed by atoms with Gasteiger partial charge in [0.2, 0.25) is 0 Å². The van der Waals surface area contributed by atoms with Gasteiger partial charge in [-0.2, -0.15) is 0 Å². The summed E-state index contributed by atoms with van der Waals surface area (Å²) in [5.74, 6) is 0. The van der Waals surface area contributed by atoms with Crippen LogP contribution in [0.3, 0.4) is 0 Å². The van der Waals surface area contributed by atoms with Gasteiger partial charge in [-0.3, -0.25) is 9.88 Å². The molecule has 0 saturated carbocycles. The van der Waals surface area contributed by atoms with Crippen molar-refractivity contribution < 1.29 is 0 Å². The first kappa shape index (κ1) is 11.7. The van der Waals surface area contributed by atoms with Crippen LogP contribution >= 0.6 is 0 Å². The average Bonchev–Trinajstić information content (AvgIpc) is 2.46. The molecule has 18 heavy (non-hydrogen) atoms. The lowest BCUT2D eigenvalue weighted by atomic mass is 9.94. The molecule has 1 fully saturated rings. The highest BCUT2D eigenvalue weighted by molar-refractivity contribution is 5.79. The van der Waals surface area contributed by atoms with Gasteiger partial charge in [0.05, 0.1) is 5.52 Å². The average molecular weight is 240 g/mol. The smallest absolute Gasteiger partial charge is 0.0702 e. The minimum absolute atomic E-state index is 0.605. The first-order valence-corrected chi connectivity index (χ1v) is 6.97. The Hall–Kier alpha value is -1.41. The van der Waals surface area contributed by atoms with Crippen molar-refractivity contribution in [1.29, 1.82) is 0 Å².